The lowest BCUT2D eigenvalue weighted by Crippen LogP contribution is -2.45. The molecule has 0 spiro atoms. The highest BCUT2D eigenvalue weighted by atomic mass is 16.5. The van der Waals surface area contributed by atoms with Gasteiger partial charge in [-0.3, -0.25) is 9.59 Å². The summed E-state index contributed by atoms with van der Waals surface area (Å²) in [5.41, 5.74) is 0. The average Bonchev–Trinajstić information content (AvgIpc) is 3.43. The van der Waals surface area contributed by atoms with Crippen molar-refractivity contribution in [2.45, 2.75) is 392 Å². The molecule has 0 saturated carbocycles. The quantitative estimate of drug-likeness (QED) is 0.0320. The molecule has 0 aliphatic carbocycles. The Morgan fingerprint density at radius 1 is 0.364 bits per heavy atom. The number of aliphatic hydroxyl groups excluding tert-OH is 2. The number of esters is 1. The molecular formula is C71H135NO5. The normalized spacial score (nSPS) is 12.7. The van der Waals surface area contributed by atoms with Crippen molar-refractivity contribution >= 4 is 11.9 Å². The molecule has 0 bridgehead atoms. The minimum atomic E-state index is -0.841. The molecule has 6 nitrogen and oxygen atoms in total. The number of carbonyl (C=O) groups is 2. The monoisotopic (exact) mass is 1080 g/mol. The summed E-state index contributed by atoms with van der Waals surface area (Å²) >= 11 is 0. The first-order valence-corrected chi connectivity index (χ1v) is 34.8. The van der Waals surface area contributed by atoms with Crippen LogP contribution in [0.2, 0.25) is 0 Å². The average molecular weight is 1080 g/mol. The summed E-state index contributed by atoms with van der Waals surface area (Å²) in [4.78, 5) is 24.5. The van der Waals surface area contributed by atoms with Crippen molar-refractivity contribution in [2.75, 3.05) is 13.2 Å². The first-order valence-electron chi connectivity index (χ1n) is 34.8. The van der Waals surface area contributed by atoms with Crippen molar-refractivity contribution in [3.63, 3.8) is 0 Å². The van der Waals surface area contributed by atoms with Gasteiger partial charge in [0, 0.05) is 12.8 Å². The van der Waals surface area contributed by atoms with Crippen LogP contribution in [-0.2, 0) is 14.3 Å². The molecule has 0 fully saturated rings. The van der Waals surface area contributed by atoms with Crippen LogP contribution in [0.5, 0.6) is 0 Å². The smallest absolute Gasteiger partial charge is 0.305 e. The van der Waals surface area contributed by atoms with E-state index in [9.17, 15) is 19.8 Å². The Balaban J connectivity index is 3.35. The van der Waals surface area contributed by atoms with Crippen molar-refractivity contribution in [3.8, 4) is 0 Å². The number of allylic oxidation sites excluding steroid dienone is 5. The van der Waals surface area contributed by atoms with Gasteiger partial charge in [-0.15, -0.1) is 0 Å². The van der Waals surface area contributed by atoms with Crippen molar-refractivity contribution in [1.82, 2.24) is 5.32 Å². The lowest BCUT2D eigenvalue weighted by Gasteiger charge is -2.20. The van der Waals surface area contributed by atoms with Gasteiger partial charge in [0.25, 0.3) is 0 Å². The summed E-state index contributed by atoms with van der Waals surface area (Å²) in [6.07, 6.45) is 85.3. The van der Waals surface area contributed by atoms with E-state index in [1.54, 1.807) is 6.08 Å². The van der Waals surface area contributed by atoms with Gasteiger partial charge in [0.05, 0.1) is 25.4 Å². The third kappa shape index (κ3) is 63.1. The molecule has 0 saturated heterocycles. The van der Waals surface area contributed by atoms with Crippen LogP contribution >= 0.6 is 0 Å². The van der Waals surface area contributed by atoms with Crippen LogP contribution in [0.15, 0.2) is 36.5 Å². The van der Waals surface area contributed by atoms with E-state index in [-0.39, 0.29) is 18.5 Å². The number of hydrogen-bond acceptors (Lipinski definition) is 5. The largest absolute Gasteiger partial charge is 0.466 e. The Kier molecular flexibility index (Phi) is 64.9. The number of amides is 1. The molecule has 3 N–H and O–H groups in total. The number of unbranched alkanes of at least 4 members (excludes halogenated alkanes) is 50. The second-order valence-corrected chi connectivity index (χ2v) is 23.9. The number of aliphatic hydroxyl groups is 2. The van der Waals surface area contributed by atoms with Gasteiger partial charge in [-0.1, -0.05) is 339 Å². The third-order valence-corrected chi connectivity index (χ3v) is 16.2. The maximum absolute atomic E-state index is 12.4. The maximum atomic E-state index is 12.4. The summed E-state index contributed by atoms with van der Waals surface area (Å²) in [6.45, 7) is 4.91. The lowest BCUT2D eigenvalue weighted by atomic mass is 10.0. The van der Waals surface area contributed by atoms with Gasteiger partial charge in [-0.25, -0.2) is 0 Å². The van der Waals surface area contributed by atoms with Crippen LogP contribution in [-0.4, -0.2) is 47.4 Å². The molecule has 1 amide bonds. The van der Waals surface area contributed by atoms with Crippen molar-refractivity contribution < 1.29 is 24.5 Å². The Labute approximate surface area is 481 Å². The first-order chi connectivity index (χ1) is 38.0. The molecule has 0 radical (unpaired) electrons. The zero-order valence-electron chi connectivity index (χ0n) is 52.0. The number of hydrogen-bond donors (Lipinski definition) is 3. The summed E-state index contributed by atoms with van der Waals surface area (Å²) < 4.78 is 5.48. The Bertz CT molecular complexity index is 1250. The zero-order valence-corrected chi connectivity index (χ0v) is 52.0. The molecule has 0 aromatic heterocycles. The molecule has 0 heterocycles. The van der Waals surface area contributed by atoms with E-state index in [4.69, 9.17) is 4.74 Å². The minimum Gasteiger partial charge on any atom is -0.466 e. The highest BCUT2D eigenvalue weighted by Crippen LogP contribution is 2.18. The van der Waals surface area contributed by atoms with Crippen LogP contribution in [0, 0.1) is 0 Å². The number of ether oxygens (including phenoxy) is 1. The fraction of sp³-hybridized carbons (Fsp3) is 0.887. The third-order valence-electron chi connectivity index (χ3n) is 16.2. The van der Waals surface area contributed by atoms with Crippen LogP contribution in [0.25, 0.3) is 0 Å². The second-order valence-electron chi connectivity index (χ2n) is 23.9. The van der Waals surface area contributed by atoms with Gasteiger partial charge in [0.15, 0.2) is 0 Å². The molecule has 0 aliphatic rings. The fourth-order valence-electron chi connectivity index (χ4n) is 10.8. The van der Waals surface area contributed by atoms with E-state index < -0.39 is 12.1 Å². The van der Waals surface area contributed by atoms with E-state index in [1.807, 2.05) is 6.08 Å². The number of carbonyl (C=O) groups excluding carboxylic acids is 2. The number of rotatable bonds is 65. The molecule has 2 unspecified atom stereocenters. The van der Waals surface area contributed by atoms with E-state index in [0.29, 0.717) is 19.4 Å². The predicted octanol–water partition coefficient (Wildman–Crippen LogP) is 22.3. The van der Waals surface area contributed by atoms with Crippen molar-refractivity contribution in [2.24, 2.45) is 0 Å². The van der Waals surface area contributed by atoms with Gasteiger partial charge in [-0.05, 0) is 64.2 Å². The summed E-state index contributed by atoms with van der Waals surface area (Å²) in [7, 11) is 0. The molecule has 0 aromatic carbocycles. The first kappa shape index (κ1) is 75.1. The topological polar surface area (TPSA) is 95.9 Å². The fourth-order valence-corrected chi connectivity index (χ4v) is 10.8. The predicted molar refractivity (Wildman–Crippen MR) is 338 cm³/mol. The van der Waals surface area contributed by atoms with Gasteiger partial charge >= 0.3 is 5.97 Å². The zero-order chi connectivity index (χ0) is 55.7. The summed E-state index contributed by atoms with van der Waals surface area (Å²) in [5.74, 6) is -0.0458. The molecule has 6 heteroatoms. The molecule has 454 valence electrons. The van der Waals surface area contributed by atoms with E-state index in [1.165, 1.54) is 308 Å². The van der Waals surface area contributed by atoms with Crippen molar-refractivity contribution in [1.29, 1.82) is 0 Å². The maximum Gasteiger partial charge on any atom is 0.305 e. The molecule has 0 aromatic rings. The van der Waals surface area contributed by atoms with Crippen LogP contribution in [0.4, 0.5) is 0 Å². The molecule has 2 atom stereocenters. The Hall–Kier alpha value is -1.92. The summed E-state index contributed by atoms with van der Waals surface area (Å²) in [6, 6.07) is -0.624. The van der Waals surface area contributed by atoms with Crippen LogP contribution in [0.1, 0.15) is 380 Å². The van der Waals surface area contributed by atoms with Gasteiger partial charge in [0.1, 0.15) is 0 Å². The van der Waals surface area contributed by atoms with Crippen LogP contribution in [0.3, 0.4) is 0 Å². The standard InChI is InChI=1S/C71H135NO5/c1-3-5-7-9-11-13-15-45-49-53-57-61-65-71(76)77-66-62-58-54-50-46-42-40-38-36-34-32-30-28-26-24-22-20-18-16-17-19-21-23-25-27-29-31-33-35-37-39-41-44-48-52-56-60-64-70(75)72-68(67-73)69(74)63-59-55-51-47-43-14-12-10-8-6-4-2/h16,18,22,24,59,63,68-69,73-74H,3-15,17,19-21,23,25-58,60-62,64-67H2,1-2H3,(H,72,75)/b18-16-,24-22-,63-59+. The van der Waals surface area contributed by atoms with E-state index in [2.05, 4.69) is 43.5 Å². The minimum absolute atomic E-state index is 0.0194. The lowest BCUT2D eigenvalue weighted by molar-refractivity contribution is -0.143. The van der Waals surface area contributed by atoms with Gasteiger partial charge in [0.2, 0.25) is 5.91 Å². The highest BCUT2D eigenvalue weighted by Gasteiger charge is 2.18. The molecule has 77 heavy (non-hydrogen) atoms. The Morgan fingerprint density at radius 3 is 0.987 bits per heavy atom. The van der Waals surface area contributed by atoms with Gasteiger partial charge < -0.3 is 20.3 Å². The molecular weight excluding hydrogens is 947 g/mol. The Morgan fingerprint density at radius 2 is 0.649 bits per heavy atom. The van der Waals surface area contributed by atoms with Crippen molar-refractivity contribution in [3.05, 3.63) is 36.5 Å². The van der Waals surface area contributed by atoms with Gasteiger partial charge in [-0.2, -0.15) is 0 Å². The summed E-state index contributed by atoms with van der Waals surface area (Å²) in [5, 5.41) is 23.0. The number of nitrogens with one attached hydrogen (secondary N) is 1. The SMILES string of the molecule is CCCCCCCCCCC/C=C/C(O)C(CO)NC(=O)CCCCCCCCCCCCCCCCCCC/C=C\C/C=C\CCCCCCCCCCCCCCCOC(=O)CCCCCCCCCCCCCC. The molecule has 0 rings (SSSR count). The highest BCUT2D eigenvalue weighted by molar-refractivity contribution is 5.76. The van der Waals surface area contributed by atoms with E-state index in [0.717, 1.165) is 44.9 Å². The van der Waals surface area contributed by atoms with Crippen LogP contribution < -0.4 is 5.32 Å². The second kappa shape index (κ2) is 66.6. The van der Waals surface area contributed by atoms with E-state index >= 15 is 0 Å². The molecule has 0 aliphatic heterocycles.